The lowest BCUT2D eigenvalue weighted by Crippen LogP contribution is -2.43. The fourth-order valence-electron chi connectivity index (χ4n) is 2.04. The van der Waals surface area contributed by atoms with E-state index in [2.05, 4.69) is 5.32 Å². The van der Waals surface area contributed by atoms with E-state index < -0.39 is 11.6 Å². The minimum absolute atomic E-state index is 0.318. The third-order valence-corrected chi connectivity index (χ3v) is 3.36. The average molecular weight is 235 g/mol. The first-order valence-electron chi connectivity index (χ1n) is 5.80. The van der Waals surface area contributed by atoms with Crippen molar-refractivity contribution in [3.63, 3.8) is 0 Å². The molecule has 92 valence electrons. The number of aryl methyl sites for hydroxylation is 1. The topological polar surface area (TPSA) is 69.6 Å². The second-order valence-electron chi connectivity index (χ2n) is 4.77. The number of aliphatic hydroxyl groups is 1. The van der Waals surface area contributed by atoms with Crippen molar-refractivity contribution < 1.29 is 15.0 Å². The Morgan fingerprint density at radius 2 is 2.18 bits per heavy atom. The van der Waals surface area contributed by atoms with Gasteiger partial charge in [-0.2, -0.15) is 0 Å². The summed E-state index contributed by atoms with van der Waals surface area (Å²) in [6, 6.07) is 5.12. The fraction of sp³-hybridized carbons (Fsp3) is 0.462. The van der Waals surface area contributed by atoms with E-state index in [-0.39, 0.29) is 0 Å². The first-order valence-corrected chi connectivity index (χ1v) is 5.80. The van der Waals surface area contributed by atoms with E-state index in [0.29, 0.717) is 12.1 Å². The van der Waals surface area contributed by atoms with Crippen molar-refractivity contribution in [2.75, 3.05) is 11.9 Å². The van der Waals surface area contributed by atoms with Crippen molar-refractivity contribution >= 4 is 11.7 Å². The molecule has 0 bridgehead atoms. The number of rotatable bonds is 4. The highest BCUT2D eigenvalue weighted by Crippen LogP contribution is 2.31. The van der Waals surface area contributed by atoms with Gasteiger partial charge in [-0.15, -0.1) is 0 Å². The molecule has 0 atom stereocenters. The van der Waals surface area contributed by atoms with Crippen LogP contribution < -0.4 is 5.32 Å². The number of hydrogen-bond donors (Lipinski definition) is 3. The second kappa shape index (κ2) is 4.37. The molecule has 0 spiro atoms. The Morgan fingerprint density at radius 1 is 1.47 bits per heavy atom. The minimum Gasteiger partial charge on any atom is -0.478 e. The average Bonchev–Trinajstić information content (AvgIpc) is 2.23. The largest absolute Gasteiger partial charge is 0.478 e. The van der Waals surface area contributed by atoms with Crippen molar-refractivity contribution in [2.45, 2.75) is 31.8 Å². The molecule has 17 heavy (non-hydrogen) atoms. The molecule has 2 rings (SSSR count). The van der Waals surface area contributed by atoms with Crippen molar-refractivity contribution in [1.82, 2.24) is 0 Å². The zero-order valence-corrected chi connectivity index (χ0v) is 9.86. The maximum Gasteiger partial charge on any atom is 0.335 e. The number of nitrogens with one attached hydrogen (secondary N) is 1. The van der Waals surface area contributed by atoms with Crippen LogP contribution in [0.3, 0.4) is 0 Å². The quantitative estimate of drug-likeness (QED) is 0.746. The zero-order chi connectivity index (χ0) is 12.5. The van der Waals surface area contributed by atoms with E-state index in [1.54, 1.807) is 25.1 Å². The van der Waals surface area contributed by atoms with Gasteiger partial charge in [-0.05, 0) is 49.9 Å². The van der Waals surface area contributed by atoms with Gasteiger partial charge in [-0.25, -0.2) is 4.79 Å². The molecule has 0 unspecified atom stereocenters. The molecule has 3 N–H and O–H groups in total. The third-order valence-electron chi connectivity index (χ3n) is 3.36. The van der Waals surface area contributed by atoms with E-state index in [9.17, 15) is 9.90 Å². The molecular formula is C13H17NO3. The van der Waals surface area contributed by atoms with E-state index in [1.807, 2.05) is 0 Å². The molecule has 0 aliphatic heterocycles. The normalized spacial score (nSPS) is 17.3. The summed E-state index contributed by atoms with van der Waals surface area (Å²) in [6.45, 7) is 2.30. The summed E-state index contributed by atoms with van der Waals surface area (Å²) < 4.78 is 0. The molecule has 1 fully saturated rings. The number of aromatic carboxylic acids is 1. The third kappa shape index (κ3) is 2.58. The van der Waals surface area contributed by atoms with Crippen LogP contribution >= 0.6 is 0 Å². The Hall–Kier alpha value is -1.55. The monoisotopic (exact) mass is 235 g/mol. The summed E-state index contributed by atoms with van der Waals surface area (Å²) in [5.74, 6) is -0.910. The van der Waals surface area contributed by atoms with Crippen LogP contribution in [0.4, 0.5) is 5.69 Å². The highest BCUT2D eigenvalue weighted by atomic mass is 16.4. The van der Waals surface area contributed by atoms with Gasteiger partial charge in [0.1, 0.15) is 0 Å². The predicted molar refractivity (Wildman–Crippen MR) is 65.4 cm³/mol. The molecule has 0 heterocycles. The van der Waals surface area contributed by atoms with Crippen LogP contribution in [0.15, 0.2) is 18.2 Å². The SMILES string of the molecule is Cc1cc(NCC2(O)CCC2)ccc1C(=O)O. The molecule has 4 heteroatoms. The number of carbonyl (C=O) groups is 1. The Labute approximate surface area is 100 Å². The van der Waals surface area contributed by atoms with Crippen LogP contribution in [-0.2, 0) is 0 Å². The van der Waals surface area contributed by atoms with Crippen LogP contribution in [0.1, 0.15) is 35.2 Å². The van der Waals surface area contributed by atoms with Gasteiger partial charge >= 0.3 is 5.97 Å². The summed E-state index contributed by atoms with van der Waals surface area (Å²) in [4.78, 5) is 10.8. The molecule has 0 saturated heterocycles. The molecule has 0 amide bonds. The van der Waals surface area contributed by atoms with Crippen molar-refractivity contribution in [1.29, 1.82) is 0 Å². The molecule has 1 aromatic carbocycles. The molecule has 0 aromatic heterocycles. The minimum atomic E-state index is -0.910. The van der Waals surface area contributed by atoms with Gasteiger partial charge in [0, 0.05) is 12.2 Å². The van der Waals surface area contributed by atoms with Gasteiger partial charge in [0.25, 0.3) is 0 Å². The number of carboxylic acids is 1. The summed E-state index contributed by atoms with van der Waals surface area (Å²) in [7, 11) is 0. The standard InChI is InChI=1S/C13H17NO3/c1-9-7-10(3-4-11(9)12(15)16)14-8-13(17)5-2-6-13/h3-4,7,14,17H,2,5-6,8H2,1H3,(H,15,16). The summed E-state index contributed by atoms with van der Waals surface area (Å²) >= 11 is 0. The highest BCUT2D eigenvalue weighted by Gasteiger charge is 2.33. The number of carboxylic acid groups (broad SMARTS) is 1. The van der Waals surface area contributed by atoms with Crippen LogP contribution in [0.25, 0.3) is 0 Å². The predicted octanol–water partition coefficient (Wildman–Crippen LogP) is 2.02. The van der Waals surface area contributed by atoms with Gasteiger partial charge in [0.2, 0.25) is 0 Å². The highest BCUT2D eigenvalue weighted by molar-refractivity contribution is 5.89. The van der Waals surface area contributed by atoms with Gasteiger partial charge in [0.05, 0.1) is 11.2 Å². The van der Waals surface area contributed by atoms with Crippen molar-refractivity contribution in [3.8, 4) is 0 Å². The molecule has 0 radical (unpaired) electrons. The lowest BCUT2D eigenvalue weighted by molar-refractivity contribution is -0.0202. The Kier molecular flexibility index (Phi) is 3.07. The number of hydrogen-bond acceptors (Lipinski definition) is 3. The molecule has 1 aromatic rings. The summed E-state index contributed by atoms with van der Waals surface area (Å²) in [6.07, 6.45) is 2.76. The second-order valence-corrected chi connectivity index (χ2v) is 4.77. The molecule has 1 aliphatic rings. The van der Waals surface area contributed by atoms with Gasteiger partial charge < -0.3 is 15.5 Å². The van der Waals surface area contributed by atoms with Crippen LogP contribution in [0.2, 0.25) is 0 Å². The smallest absolute Gasteiger partial charge is 0.335 e. The lowest BCUT2D eigenvalue weighted by atomic mass is 9.80. The van der Waals surface area contributed by atoms with E-state index >= 15 is 0 Å². The van der Waals surface area contributed by atoms with Gasteiger partial charge in [-0.1, -0.05) is 0 Å². The Bertz CT molecular complexity index is 438. The summed E-state index contributed by atoms with van der Waals surface area (Å²) in [5.41, 5.74) is 1.33. The van der Waals surface area contributed by atoms with Crippen LogP contribution in [0.5, 0.6) is 0 Å². The maximum atomic E-state index is 10.8. The Morgan fingerprint density at radius 3 is 2.65 bits per heavy atom. The van der Waals surface area contributed by atoms with Crippen LogP contribution in [-0.4, -0.2) is 28.3 Å². The summed E-state index contributed by atoms with van der Waals surface area (Å²) in [5, 5.41) is 22.0. The van der Waals surface area contributed by atoms with Gasteiger partial charge in [0.15, 0.2) is 0 Å². The number of anilines is 1. The lowest BCUT2D eigenvalue weighted by Gasteiger charge is -2.36. The molecule has 1 aliphatic carbocycles. The first-order chi connectivity index (χ1) is 8.00. The van der Waals surface area contributed by atoms with E-state index in [1.165, 1.54) is 0 Å². The fourth-order valence-corrected chi connectivity index (χ4v) is 2.04. The van der Waals surface area contributed by atoms with E-state index in [0.717, 1.165) is 30.5 Å². The Balaban J connectivity index is 2.02. The molecular weight excluding hydrogens is 218 g/mol. The maximum absolute atomic E-state index is 10.8. The van der Waals surface area contributed by atoms with Crippen molar-refractivity contribution in [3.05, 3.63) is 29.3 Å². The van der Waals surface area contributed by atoms with Gasteiger partial charge in [-0.3, -0.25) is 0 Å². The van der Waals surface area contributed by atoms with Crippen LogP contribution in [0, 0.1) is 6.92 Å². The molecule has 4 nitrogen and oxygen atoms in total. The number of benzene rings is 1. The van der Waals surface area contributed by atoms with Crippen molar-refractivity contribution in [2.24, 2.45) is 0 Å². The van der Waals surface area contributed by atoms with E-state index in [4.69, 9.17) is 5.11 Å². The zero-order valence-electron chi connectivity index (χ0n) is 9.86. The molecule has 1 saturated carbocycles. The first kappa shape index (κ1) is 11.9.